The molecule has 2 heterocycles. The van der Waals surface area contributed by atoms with Gasteiger partial charge in [-0.2, -0.15) is 0 Å². The van der Waals surface area contributed by atoms with Gasteiger partial charge in [0.1, 0.15) is 17.5 Å². The smallest absolute Gasteiger partial charge is 0.240 e. The van der Waals surface area contributed by atoms with E-state index in [-0.39, 0.29) is 6.54 Å². The molecule has 1 aromatic heterocycles. The second kappa shape index (κ2) is 9.06. The minimum atomic E-state index is -3.56. The number of aromatic nitrogens is 2. The van der Waals surface area contributed by atoms with Crippen molar-refractivity contribution in [3.05, 3.63) is 40.7 Å². The lowest BCUT2D eigenvalue weighted by Crippen LogP contribution is -2.37. The van der Waals surface area contributed by atoms with Crippen molar-refractivity contribution in [3.63, 3.8) is 0 Å². The average Bonchev–Trinajstić information content (AvgIpc) is 2.68. The Morgan fingerprint density at radius 1 is 0.966 bits per heavy atom. The summed E-state index contributed by atoms with van der Waals surface area (Å²) >= 11 is 0. The molecular weight excluding hydrogens is 390 g/mol. The molecule has 8 nitrogen and oxygen atoms in total. The Balaban J connectivity index is 1.60. The lowest BCUT2D eigenvalue weighted by molar-refractivity contribution is 0.122. The van der Waals surface area contributed by atoms with Crippen molar-refractivity contribution in [2.24, 2.45) is 0 Å². The van der Waals surface area contributed by atoms with Crippen LogP contribution in [0.2, 0.25) is 0 Å². The summed E-state index contributed by atoms with van der Waals surface area (Å²) in [5, 5.41) is 3.19. The Hall–Kier alpha value is -2.23. The van der Waals surface area contributed by atoms with E-state index in [0.717, 1.165) is 35.6 Å². The molecule has 1 saturated heterocycles. The van der Waals surface area contributed by atoms with Crippen LogP contribution in [0.3, 0.4) is 0 Å². The fraction of sp³-hybridized carbons (Fsp3) is 0.500. The number of hydrogen-bond acceptors (Lipinski definition) is 7. The molecule has 0 radical (unpaired) electrons. The largest absolute Gasteiger partial charge is 0.378 e. The molecule has 0 aliphatic carbocycles. The predicted octanol–water partition coefficient (Wildman–Crippen LogP) is 1.94. The van der Waals surface area contributed by atoms with E-state index in [1.165, 1.54) is 0 Å². The number of rotatable bonds is 7. The molecule has 2 N–H and O–H groups in total. The van der Waals surface area contributed by atoms with Gasteiger partial charge in [-0.1, -0.05) is 6.07 Å². The van der Waals surface area contributed by atoms with E-state index in [1.807, 2.05) is 39.8 Å². The van der Waals surface area contributed by atoms with Crippen LogP contribution in [0.25, 0.3) is 0 Å². The number of anilines is 2. The van der Waals surface area contributed by atoms with Gasteiger partial charge in [0, 0.05) is 32.2 Å². The molecule has 9 heteroatoms. The molecule has 1 aliphatic heterocycles. The molecule has 1 aliphatic rings. The van der Waals surface area contributed by atoms with E-state index >= 15 is 0 Å². The minimum absolute atomic E-state index is 0.255. The maximum absolute atomic E-state index is 12.7. The van der Waals surface area contributed by atoms with Gasteiger partial charge in [0.2, 0.25) is 10.0 Å². The highest BCUT2D eigenvalue weighted by Gasteiger charge is 2.18. The van der Waals surface area contributed by atoms with Crippen molar-refractivity contribution in [2.75, 3.05) is 49.6 Å². The molecule has 2 aromatic rings. The predicted molar refractivity (Wildman–Crippen MR) is 114 cm³/mol. The zero-order valence-corrected chi connectivity index (χ0v) is 18.3. The Bertz CT molecular complexity index is 972. The number of benzene rings is 1. The lowest BCUT2D eigenvalue weighted by atomic mass is 10.1. The van der Waals surface area contributed by atoms with E-state index in [0.29, 0.717) is 36.3 Å². The number of morpholine rings is 1. The molecule has 3 rings (SSSR count). The number of nitrogens with one attached hydrogen (secondary N) is 2. The molecular formula is C20H29N5O3S. The third kappa shape index (κ3) is 5.43. The summed E-state index contributed by atoms with van der Waals surface area (Å²) in [7, 11) is -3.56. The topological polar surface area (TPSA) is 96.5 Å². The fourth-order valence-electron chi connectivity index (χ4n) is 3.27. The Kier molecular flexibility index (Phi) is 6.71. The number of sulfonamides is 1. The second-order valence-corrected chi connectivity index (χ2v) is 9.02. The monoisotopic (exact) mass is 419 g/mol. The summed E-state index contributed by atoms with van der Waals surface area (Å²) in [5.74, 6) is 2.21. The molecule has 0 amide bonds. The molecule has 0 atom stereocenters. The van der Waals surface area contributed by atoms with Crippen LogP contribution in [-0.2, 0) is 14.8 Å². The van der Waals surface area contributed by atoms with Crippen molar-refractivity contribution in [3.8, 4) is 0 Å². The first kappa shape index (κ1) is 21.5. The maximum Gasteiger partial charge on any atom is 0.240 e. The van der Waals surface area contributed by atoms with Gasteiger partial charge in [-0.25, -0.2) is 23.1 Å². The average molecular weight is 420 g/mol. The number of ether oxygens (including phenoxy) is 1. The Morgan fingerprint density at radius 3 is 2.38 bits per heavy atom. The SMILES string of the molecule is Cc1nc(NCCNS(=O)(=O)c2cc(C)c(C)cc2C)cc(N2CCOCC2)n1. The molecule has 158 valence electrons. The van der Waals surface area contributed by atoms with Gasteiger partial charge in [-0.3, -0.25) is 0 Å². The Labute approximate surface area is 172 Å². The second-order valence-electron chi connectivity index (χ2n) is 7.28. The molecule has 0 unspecified atom stereocenters. The van der Waals surface area contributed by atoms with Crippen molar-refractivity contribution in [1.29, 1.82) is 0 Å². The fourth-order valence-corrected chi connectivity index (χ4v) is 4.62. The van der Waals surface area contributed by atoms with E-state index in [4.69, 9.17) is 4.74 Å². The summed E-state index contributed by atoms with van der Waals surface area (Å²) in [4.78, 5) is 11.4. The zero-order chi connectivity index (χ0) is 21.0. The van der Waals surface area contributed by atoms with Gasteiger partial charge in [-0.05, 0) is 50.5 Å². The van der Waals surface area contributed by atoms with Crippen LogP contribution < -0.4 is 14.9 Å². The van der Waals surface area contributed by atoms with Crippen LogP contribution in [0, 0.1) is 27.7 Å². The van der Waals surface area contributed by atoms with Crippen LogP contribution in [0.5, 0.6) is 0 Å². The lowest BCUT2D eigenvalue weighted by Gasteiger charge is -2.28. The van der Waals surface area contributed by atoms with E-state index in [2.05, 4.69) is 24.9 Å². The van der Waals surface area contributed by atoms with Crippen molar-refractivity contribution in [2.45, 2.75) is 32.6 Å². The highest BCUT2D eigenvalue weighted by Crippen LogP contribution is 2.20. The number of nitrogens with zero attached hydrogens (tertiary/aromatic N) is 3. The normalized spacial score (nSPS) is 14.8. The third-order valence-electron chi connectivity index (χ3n) is 4.96. The summed E-state index contributed by atoms with van der Waals surface area (Å²) in [6.07, 6.45) is 0. The summed E-state index contributed by atoms with van der Waals surface area (Å²) in [6.45, 7) is 11.2. The molecule has 0 spiro atoms. The molecule has 29 heavy (non-hydrogen) atoms. The standard InChI is InChI=1S/C20H29N5O3S/c1-14-11-16(3)18(12-15(14)2)29(26,27)22-6-5-21-19-13-20(24-17(4)23-19)25-7-9-28-10-8-25/h11-13,22H,5-10H2,1-4H3,(H,21,23,24). The summed E-state index contributed by atoms with van der Waals surface area (Å²) < 4.78 is 33.4. The maximum atomic E-state index is 12.7. The molecule has 0 bridgehead atoms. The number of aryl methyl sites for hydroxylation is 4. The van der Waals surface area contributed by atoms with Gasteiger partial charge in [0.15, 0.2) is 0 Å². The van der Waals surface area contributed by atoms with E-state index in [1.54, 1.807) is 6.07 Å². The van der Waals surface area contributed by atoms with Gasteiger partial charge in [0.25, 0.3) is 0 Å². The van der Waals surface area contributed by atoms with Gasteiger partial charge in [-0.15, -0.1) is 0 Å². The third-order valence-corrected chi connectivity index (χ3v) is 6.57. The quantitative estimate of drug-likeness (QED) is 0.662. The van der Waals surface area contributed by atoms with E-state index < -0.39 is 10.0 Å². The van der Waals surface area contributed by atoms with Crippen LogP contribution in [-0.4, -0.2) is 57.8 Å². The van der Waals surface area contributed by atoms with Crippen LogP contribution in [0.1, 0.15) is 22.5 Å². The summed E-state index contributed by atoms with van der Waals surface area (Å²) in [5.41, 5.74) is 2.79. The van der Waals surface area contributed by atoms with Gasteiger partial charge in [0.05, 0.1) is 18.1 Å². The van der Waals surface area contributed by atoms with Crippen LogP contribution in [0.4, 0.5) is 11.6 Å². The Morgan fingerprint density at radius 2 is 1.66 bits per heavy atom. The minimum Gasteiger partial charge on any atom is -0.378 e. The highest BCUT2D eigenvalue weighted by molar-refractivity contribution is 7.89. The first-order valence-corrected chi connectivity index (χ1v) is 11.2. The van der Waals surface area contributed by atoms with Crippen LogP contribution in [0.15, 0.2) is 23.1 Å². The van der Waals surface area contributed by atoms with E-state index in [9.17, 15) is 8.42 Å². The molecule has 1 aromatic carbocycles. The number of hydrogen-bond donors (Lipinski definition) is 2. The summed E-state index contributed by atoms with van der Waals surface area (Å²) in [6, 6.07) is 5.52. The van der Waals surface area contributed by atoms with Crippen molar-refractivity contribution in [1.82, 2.24) is 14.7 Å². The zero-order valence-electron chi connectivity index (χ0n) is 17.4. The molecule has 1 fully saturated rings. The van der Waals surface area contributed by atoms with Crippen LogP contribution >= 0.6 is 0 Å². The van der Waals surface area contributed by atoms with Gasteiger partial charge >= 0.3 is 0 Å². The van der Waals surface area contributed by atoms with Gasteiger partial charge < -0.3 is 15.0 Å². The first-order chi connectivity index (χ1) is 13.8. The van der Waals surface area contributed by atoms with Crippen molar-refractivity contribution < 1.29 is 13.2 Å². The highest BCUT2D eigenvalue weighted by atomic mass is 32.2. The molecule has 0 saturated carbocycles. The van der Waals surface area contributed by atoms with Crippen molar-refractivity contribution >= 4 is 21.7 Å². The first-order valence-electron chi connectivity index (χ1n) is 9.76.